The van der Waals surface area contributed by atoms with E-state index in [1.165, 1.54) is 33.2 Å². The van der Waals surface area contributed by atoms with E-state index in [1.54, 1.807) is 12.1 Å². The minimum absolute atomic E-state index is 0.00419. The maximum Gasteiger partial charge on any atom is 0.456 e. The van der Waals surface area contributed by atoms with Crippen LogP contribution in [0.5, 0.6) is 0 Å². The Hall–Kier alpha value is -1.64. The Morgan fingerprint density at radius 3 is 2.13 bits per heavy atom. The second-order valence-corrected chi connectivity index (χ2v) is 18.1. The molecule has 13 heteroatoms. The van der Waals surface area contributed by atoms with E-state index in [1.807, 2.05) is 13.8 Å². The molecule has 2 unspecified atom stereocenters. The first-order valence-electron chi connectivity index (χ1n) is 16.4. The molecular formula is C34H46F5NO6S. The van der Waals surface area contributed by atoms with Crippen molar-refractivity contribution in [1.82, 2.24) is 4.31 Å². The van der Waals surface area contributed by atoms with E-state index < -0.39 is 68.5 Å². The highest BCUT2D eigenvalue weighted by molar-refractivity contribution is 7.89. The summed E-state index contributed by atoms with van der Waals surface area (Å²) in [6, 6.07) is 6.04. The Morgan fingerprint density at radius 2 is 1.57 bits per heavy atom. The molecule has 0 amide bonds. The van der Waals surface area contributed by atoms with Gasteiger partial charge in [0.25, 0.3) is 0 Å². The number of sulfonamides is 1. The Labute approximate surface area is 273 Å². The monoisotopic (exact) mass is 691 g/mol. The van der Waals surface area contributed by atoms with Gasteiger partial charge < -0.3 is 19.7 Å². The van der Waals surface area contributed by atoms with Crippen LogP contribution < -0.4 is 0 Å². The average Bonchev–Trinajstić information content (AvgIpc) is 3.29. The minimum atomic E-state index is -5.94. The number of alkyl halides is 5. The fourth-order valence-corrected chi connectivity index (χ4v) is 10.7. The van der Waals surface area contributed by atoms with Crippen molar-refractivity contribution in [2.75, 3.05) is 33.9 Å². The lowest BCUT2D eigenvalue weighted by molar-refractivity contribution is -0.362. The molecule has 47 heavy (non-hydrogen) atoms. The minimum Gasteiger partial charge on any atom is -0.395 e. The second kappa shape index (κ2) is 10.9. The van der Waals surface area contributed by atoms with Crippen LogP contribution in [-0.2, 0) is 19.5 Å². The van der Waals surface area contributed by atoms with E-state index in [-0.39, 0.29) is 29.8 Å². The third-order valence-corrected chi connectivity index (χ3v) is 14.3. The molecule has 7 nitrogen and oxygen atoms in total. The third-order valence-electron chi connectivity index (χ3n) is 12.4. The van der Waals surface area contributed by atoms with Crippen LogP contribution in [0, 0.1) is 28.1 Å². The van der Waals surface area contributed by atoms with Gasteiger partial charge in [0.05, 0.1) is 24.7 Å². The van der Waals surface area contributed by atoms with Crippen molar-refractivity contribution in [1.29, 1.82) is 0 Å². The summed E-state index contributed by atoms with van der Waals surface area (Å²) in [7, 11) is -0.989. The first-order chi connectivity index (χ1) is 21.6. The third kappa shape index (κ3) is 5.07. The summed E-state index contributed by atoms with van der Waals surface area (Å²) in [6.07, 6.45) is -4.55. The van der Waals surface area contributed by atoms with E-state index in [2.05, 4.69) is 0 Å². The number of benzene rings is 1. The predicted octanol–water partition coefficient (Wildman–Crippen LogP) is 6.41. The molecule has 1 aromatic rings. The van der Waals surface area contributed by atoms with Gasteiger partial charge in [-0.1, -0.05) is 44.1 Å². The molecule has 3 saturated carbocycles. The number of hydrogen-bond acceptors (Lipinski definition) is 6. The molecule has 1 aromatic carbocycles. The topological polar surface area (TPSA) is 96.3 Å². The highest BCUT2D eigenvalue weighted by Crippen LogP contribution is 2.72. The molecule has 1 spiro atoms. The van der Waals surface area contributed by atoms with E-state index in [4.69, 9.17) is 9.47 Å². The maximum atomic E-state index is 15.4. The number of allylic oxidation sites excluding steroid dienone is 1. The fraction of sp³-hybridized carbons (Fsp3) is 0.765. The van der Waals surface area contributed by atoms with Gasteiger partial charge in [0, 0.05) is 49.1 Å². The van der Waals surface area contributed by atoms with Crippen LogP contribution in [0.3, 0.4) is 0 Å². The highest BCUT2D eigenvalue weighted by atomic mass is 32.2. The summed E-state index contributed by atoms with van der Waals surface area (Å²) >= 11 is 0. The maximum absolute atomic E-state index is 15.4. The molecule has 264 valence electrons. The molecule has 1 saturated heterocycles. The molecule has 1 aliphatic heterocycles. The number of rotatable bonds is 5. The van der Waals surface area contributed by atoms with E-state index >= 15 is 8.78 Å². The van der Waals surface area contributed by atoms with Crippen molar-refractivity contribution < 1.29 is 50.1 Å². The average molecular weight is 692 g/mol. The lowest BCUT2D eigenvalue weighted by Gasteiger charge is -2.60. The molecule has 4 aliphatic carbocycles. The molecule has 0 radical (unpaired) electrons. The number of fused-ring (bicyclic) bond motifs is 4. The second-order valence-electron chi connectivity index (χ2n) is 16.0. The number of nitrogens with zero attached hydrogens (tertiary/aromatic N) is 1. The summed E-state index contributed by atoms with van der Waals surface area (Å²) < 4.78 is 112. The molecule has 0 aromatic heterocycles. The number of aliphatic hydroxyl groups is 2. The molecule has 6 rings (SSSR count). The summed E-state index contributed by atoms with van der Waals surface area (Å²) in [5.41, 5.74) is -3.59. The quantitative estimate of drug-likeness (QED) is 0.274. The van der Waals surface area contributed by atoms with Crippen molar-refractivity contribution in [3.8, 4) is 0 Å². The van der Waals surface area contributed by atoms with Gasteiger partial charge in [-0.2, -0.15) is 22.0 Å². The molecule has 6 atom stereocenters. The van der Waals surface area contributed by atoms with Crippen molar-refractivity contribution in [3.05, 3.63) is 41.0 Å². The van der Waals surface area contributed by atoms with E-state index in [0.29, 0.717) is 50.9 Å². The Kier molecular flexibility index (Phi) is 8.18. The van der Waals surface area contributed by atoms with Crippen LogP contribution in [0.2, 0.25) is 0 Å². The smallest absolute Gasteiger partial charge is 0.395 e. The summed E-state index contributed by atoms with van der Waals surface area (Å²) in [5, 5.41) is 22.6. The van der Waals surface area contributed by atoms with Crippen molar-refractivity contribution >= 4 is 10.0 Å². The molecule has 4 fully saturated rings. The van der Waals surface area contributed by atoms with Crippen LogP contribution >= 0.6 is 0 Å². The predicted molar refractivity (Wildman–Crippen MR) is 163 cm³/mol. The largest absolute Gasteiger partial charge is 0.456 e. The Bertz CT molecular complexity index is 1530. The van der Waals surface area contributed by atoms with Gasteiger partial charge >= 0.3 is 12.1 Å². The van der Waals surface area contributed by atoms with Gasteiger partial charge in [-0.15, -0.1) is 0 Å². The molecule has 5 aliphatic rings. The van der Waals surface area contributed by atoms with Crippen molar-refractivity contribution in [3.63, 3.8) is 0 Å². The van der Waals surface area contributed by atoms with Gasteiger partial charge in [0.2, 0.25) is 10.0 Å². The zero-order chi connectivity index (χ0) is 34.6. The highest BCUT2D eigenvalue weighted by Gasteiger charge is 2.79. The summed E-state index contributed by atoms with van der Waals surface area (Å²) in [6.45, 7) is 6.24. The summed E-state index contributed by atoms with van der Waals surface area (Å²) in [5.74, 6) is -7.97. The first kappa shape index (κ1) is 35.2. The number of ether oxygens (including phenoxy) is 2. The standard InChI is InChI=1S/C34H46F5NO6S/c1-28(2)19-45-31(46-20-28)14-11-26-27-23(10-13-30(26,17-31)18-41)25-12-15-32(42,33(35,36)34(37,38)39)29(25,3)16-24(27)21-6-8-22(9-7-21)47(43,44)40(4)5/h6-9,23-25,41-42H,10-20H2,1-5H3/t23?,24-,25?,29+,30+,32+/m1/s1. The zero-order valence-corrected chi connectivity index (χ0v) is 28.4. The van der Waals surface area contributed by atoms with Crippen LogP contribution in [0.25, 0.3) is 0 Å². The zero-order valence-electron chi connectivity index (χ0n) is 27.6. The summed E-state index contributed by atoms with van der Waals surface area (Å²) in [4.78, 5) is 0.0174. The van der Waals surface area contributed by atoms with Crippen molar-refractivity contribution in [2.24, 2.45) is 28.1 Å². The van der Waals surface area contributed by atoms with Crippen LogP contribution in [0.15, 0.2) is 40.3 Å². The molecular weight excluding hydrogens is 645 g/mol. The Balaban J connectivity index is 1.49. The SMILES string of the molecule is CN(C)S(=O)(=O)c1ccc([C@H]2C[C@@]3(C)C(CC[C@@]3(O)C(F)(F)C(F)(F)F)C3CC[C@@]4(CO)CC5(CCC4=C32)OCC(C)(C)CO5)cc1. The van der Waals surface area contributed by atoms with Crippen LogP contribution in [-0.4, -0.2) is 80.3 Å². The van der Waals surface area contributed by atoms with E-state index in [9.17, 15) is 31.8 Å². The number of hydrogen-bond donors (Lipinski definition) is 2. The number of halogens is 5. The van der Waals surface area contributed by atoms with Gasteiger partial charge in [0.1, 0.15) is 5.60 Å². The van der Waals surface area contributed by atoms with Gasteiger partial charge in [-0.25, -0.2) is 12.7 Å². The lowest BCUT2D eigenvalue weighted by atomic mass is 9.47. The van der Waals surface area contributed by atoms with Crippen LogP contribution in [0.1, 0.15) is 83.6 Å². The molecule has 1 heterocycles. The normalized spacial score (nSPS) is 37.1. The molecule has 2 N–H and O–H groups in total. The van der Waals surface area contributed by atoms with Crippen molar-refractivity contribution in [2.45, 2.75) is 106 Å². The molecule has 0 bridgehead atoms. The van der Waals surface area contributed by atoms with Gasteiger partial charge in [-0.05, 0) is 68.1 Å². The lowest BCUT2D eigenvalue weighted by Crippen LogP contribution is -2.65. The number of aliphatic hydroxyl groups excluding tert-OH is 1. The van der Waals surface area contributed by atoms with E-state index in [0.717, 1.165) is 15.5 Å². The van der Waals surface area contributed by atoms with Gasteiger partial charge in [0.15, 0.2) is 5.79 Å². The fourth-order valence-electron chi connectivity index (χ4n) is 9.80. The van der Waals surface area contributed by atoms with Gasteiger partial charge in [-0.3, -0.25) is 0 Å². The van der Waals surface area contributed by atoms with Crippen LogP contribution in [0.4, 0.5) is 22.0 Å². The Morgan fingerprint density at radius 1 is 0.957 bits per heavy atom. The first-order valence-corrected chi connectivity index (χ1v) is 17.8.